The summed E-state index contributed by atoms with van der Waals surface area (Å²) >= 11 is 1.04. The normalized spacial score (nSPS) is 12.4. The Labute approximate surface area is 184 Å². The Kier molecular flexibility index (Phi) is 5.92. The predicted octanol–water partition coefficient (Wildman–Crippen LogP) is 3.99. The van der Waals surface area contributed by atoms with Gasteiger partial charge in [-0.3, -0.25) is 18.6 Å². The van der Waals surface area contributed by atoms with Crippen LogP contribution in [0.3, 0.4) is 0 Å². The maximum atomic E-state index is 13.9. The lowest BCUT2D eigenvalue weighted by Crippen LogP contribution is -2.24. The Bertz CT molecular complexity index is 1400. The van der Waals surface area contributed by atoms with E-state index in [0.29, 0.717) is 34.8 Å². The average molecular weight is 461 g/mol. The number of fused-ring (bicyclic) bond motifs is 3. The molecule has 1 N–H and O–H groups in total. The molecule has 0 fully saturated rings. The molecule has 166 valence electrons. The van der Waals surface area contributed by atoms with Crippen LogP contribution >= 0.6 is 11.8 Å². The second-order valence-electron chi connectivity index (χ2n) is 7.06. The molecule has 7 nitrogen and oxygen atoms in total. The Morgan fingerprint density at radius 3 is 2.62 bits per heavy atom. The molecule has 0 saturated heterocycles. The molecule has 2 aromatic heterocycles. The van der Waals surface area contributed by atoms with Crippen molar-refractivity contribution in [3.63, 3.8) is 0 Å². The van der Waals surface area contributed by atoms with Gasteiger partial charge in [-0.05, 0) is 37.6 Å². The molecule has 0 aliphatic heterocycles. The number of carbonyl (C=O) groups is 1. The molecule has 4 rings (SSSR count). The van der Waals surface area contributed by atoms with Crippen molar-refractivity contribution in [2.75, 3.05) is 5.32 Å². The van der Waals surface area contributed by atoms with Crippen molar-refractivity contribution >= 4 is 40.0 Å². The number of thioether (sulfide) groups is 1. The molecule has 0 spiro atoms. The fourth-order valence-corrected chi connectivity index (χ4v) is 4.16. The van der Waals surface area contributed by atoms with Crippen LogP contribution in [0.2, 0.25) is 0 Å². The highest BCUT2D eigenvalue weighted by molar-refractivity contribution is 8.00. The third-order valence-electron chi connectivity index (χ3n) is 4.87. The van der Waals surface area contributed by atoms with E-state index in [1.165, 1.54) is 4.57 Å². The second kappa shape index (κ2) is 8.65. The van der Waals surface area contributed by atoms with Gasteiger partial charge in [-0.2, -0.15) is 0 Å². The smallest absolute Gasteiger partial charge is 0.262 e. The highest BCUT2D eigenvalue weighted by Gasteiger charge is 2.23. The monoisotopic (exact) mass is 461 g/mol. The van der Waals surface area contributed by atoms with Gasteiger partial charge in [0.1, 0.15) is 0 Å². The van der Waals surface area contributed by atoms with Gasteiger partial charge < -0.3 is 5.32 Å². The topological polar surface area (TPSA) is 81.3 Å². The van der Waals surface area contributed by atoms with Crippen LogP contribution < -0.4 is 10.9 Å². The van der Waals surface area contributed by atoms with Crippen LogP contribution in [0.15, 0.2) is 46.3 Å². The van der Waals surface area contributed by atoms with Crippen molar-refractivity contribution in [1.29, 1.82) is 0 Å². The van der Waals surface area contributed by atoms with E-state index < -0.39 is 34.3 Å². The van der Waals surface area contributed by atoms with Gasteiger partial charge in [0.05, 0.1) is 21.8 Å². The lowest BCUT2D eigenvalue weighted by atomic mass is 10.2. The number of halogens is 3. The van der Waals surface area contributed by atoms with Gasteiger partial charge >= 0.3 is 0 Å². The van der Waals surface area contributed by atoms with E-state index in [-0.39, 0.29) is 5.56 Å². The zero-order valence-corrected chi connectivity index (χ0v) is 17.9. The first-order valence-electron chi connectivity index (χ1n) is 9.81. The molecular formula is C21H18F3N5O2S. The molecule has 0 aliphatic carbocycles. The molecule has 32 heavy (non-hydrogen) atoms. The van der Waals surface area contributed by atoms with Crippen molar-refractivity contribution in [1.82, 2.24) is 19.2 Å². The molecule has 1 unspecified atom stereocenters. The van der Waals surface area contributed by atoms with Crippen LogP contribution in [-0.2, 0) is 11.3 Å². The molecule has 0 radical (unpaired) electrons. The molecule has 0 bridgehead atoms. The zero-order chi connectivity index (χ0) is 23.0. The number of carbonyl (C=O) groups excluding carboxylic acids is 1. The van der Waals surface area contributed by atoms with Crippen molar-refractivity contribution in [2.45, 2.75) is 37.2 Å². The third kappa shape index (κ3) is 3.72. The molecule has 2 aromatic carbocycles. The Balaban J connectivity index is 1.69. The first-order chi connectivity index (χ1) is 15.3. The molecule has 2 heterocycles. The summed E-state index contributed by atoms with van der Waals surface area (Å²) in [6.45, 7) is 3.94. The lowest BCUT2D eigenvalue weighted by Gasteiger charge is -2.13. The van der Waals surface area contributed by atoms with Gasteiger partial charge in [-0.1, -0.05) is 30.8 Å². The number of nitrogens with zero attached hydrogens (tertiary/aromatic N) is 4. The number of aryl methyl sites for hydroxylation is 1. The number of anilines is 1. The Morgan fingerprint density at radius 1 is 1.12 bits per heavy atom. The predicted molar refractivity (Wildman–Crippen MR) is 115 cm³/mol. The quantitative estimate of drug-likeness (QED) is 0.347. The third-order valence-corrected chi connectivity index (χ3v) is 5.91. The number of hydrogen-bond acceptors (Lipinski definition) is 5. The van der Waals surface area contributed by atoms with Gasteiger partial charge in [-0.15, -0.1) is 10.2 Å². The van der Waals surface area contributed by atoms with Crippen LogP contribution in [0.5, 0.6) is 0 Å². The number of nitrogens with one attached hydrogen (secondary N) is 1. The van der Waals surface area contributed by atoms with Crippen molar-refractivity contribution in [3.05, 3.63) is 64.2 Å². The lowest BCUT2D eigenvalue weighted by molar-refractivity contribution is -0.115. The molecule has 4 aromatic rings. The molecule has 0 aliphatic rings. The maximum absolute atomic E-state index is 13.9. The average Bonchev–Trinajstić information content (AvgIpc) is 3.20. The molecule has 1 atom stereocenters. The number of rotatable bonds is 6. The first kappa shape index (κ1) is 21.9. The number of para-hydroxylation sites is 1. The summed E-state index contributed by atoms with van der Waals surface area (Å²) in [5, 5.41) is 10.6. The SMILES string of the molecule is CCCn1c(=O)c2ccccc2n2c(SC(C)C(=O)Nc3ccc(F)c(F)c3F)nnc12. The number of benzene rings is 2. The Morgan fingerprint density at radius 2 is 1.88 bits per heavy atom. The summed E-state index contributed by atoms with van der Waals surface area (Å²) in [6, 6.07) is 8.69. The van der Waals surface area contributed by atoms with Crippen molar-refractivity contribution < 1.29 is 18.0 Å². The number of aromatic nitrogens is 4. The van der Waals surface area contributed by atoms with Gasteiger partial charge in [-0.25, -0.2) is 13.2 Å². The van der Waals surface area contributed by atoms with Crippen LogP contribution in [0.1, 0.15) is 20.3 Å². The van der Waals surface area contributed by atoms with Gasteiger partial charge in [0.25, 0.3) is 5.56 Å². The van der Waals surface area contributed by atoms with E-state index >= 15 is 0 Å². The van der Waals surface area contributed by atoms with Crippen LogP contribution in [0, 0.1) is 17.5 Å². The van der Waals surface area contributed by atoms with Crippen LogP contribution in [0.25, 0.3) is 16.7 Å². The van der Waals surface area contributed by atoms with Crippen LogP contribution in [-0.4, -0.2) is 30.3 Å². The minimum absolute atomic E-state index is 0.182. The summed E-state index contributed by atoms with van der Waals surface area (Å²) < 4.78 is 43.7. The van der Waals surface area contributed by atoms with E-state index in [2.05, 4.69) is 15.5 Å². The first-order valence-corrected chi connectivity index (χ1v) is 10.7. The zero-order valence-electron chi connectivity index (χ0n) is 17.1. The van der Waals surface area contributed by atoms with Gasteiger partial charge in [0, 0.05) is 6.54 Å². The molecule has 0 saturated carbocycles. The standard InChI is InChI=1S/C21H18F3N5O2S/c1-3-10-28-19(31)12-6-4-5-7-15(12)29-20(28)26-27-21(29)32-11(2)18(30)25-14-9-8-13(22)16(23)17(14)24/h4-9,11H,3,10H2,1-2H3,(H,25,30). The van der Waals surface area contributed by atoms with E-state index in [1.54, 1.807) is 35.6 Å². The fraction of sp³-hybridized carbons (Fsp3) is 0.238. The molecular weight excluding hydrogens is 443 g/mol. The largest absolute Gasteiger partial charge is 0.323 e. The van der Waals surface area contributed by atoms with Gasteiger partial charge in [0.15, 0.2) is 22.6 Å². The van der Waals surface area contributed by atoms with E-state index in [4.69, 9.17) is 0 Å². The summed E-state index contributed by atoms with van der Waals surface area (Å²) in [6.07, 6.45) is 0.710. The maximum Gasteiger partial charge on any atom is 0.262 e. The minimum atomic E-state index is -1.66. The summed E-state index contributed by atoms with van der Waals surface area (Å²) in [4.78, 5) is 25.5. The molecule has 1 amide bonds. The Hall–Kier alpha value is -3.34. The van der Waals surface area contributed by atoms with Gasteiger partial charge in [0.2, 0.25) is 11.7 Å². The number of amides is 1. The highest BCUT2D eigenvalue weighted by Crippen LogP contribution is 2.27. The minimum Gasteiger partial charge on any atom is -0.323 e. The van der Waals surface area contributed by atoms with Crippen LogP contribution in [0.4, 0.5) is 18.9 Å². The van der Waals surface area contributed by atoms with Crippen molar-refractivity contribution in [3.8, 4) is 0 Å². The summed E-state index contributed by atoms with van der Waals surface area (Å²) in [5.74, 6) is -4.77. The van der Waals surface area contributed by atoms with E-state index in [0.717, 1.165) is 23.9 Å². The number of hydrogen-bond donors (Lipinski definition) is 1. The van der Waals surface area contributed by atoms with Crippen molar-refractivity contribution in [2.24, 2.45) is 0 Å². The second-order valence-corrected chi connectivity index (χ2v) is 8.37. The summed E-state index contributed by atoms with van der Waals surface area (Å²) in [7, 11) is 0. The highest BCUT2D eigenvalue weighted by atomic mass is 32.2. The molecule has 11 heteroatoms. The van der Waals surface area contributed by atoms with E-state index in [1.807, 2.05) is 6.92 Å². The van der Waals surface area contributed by atoms with E-state index in [9.17, 15) is 22.8 Å². The summed E-state index contributed by atoms with van der Waals surface area (Å²) in [5.41, 5.74) is -0.0557. The fourth-order valence-electron chi connectivity index (χ4n) is 3.30.